The molecule has 1 aliphatic rings. The third-order valence-corrected chi connectivity index (χ3v) is 7.67. The monoisotopic (exact) mass is 597 g/mol. The molecule has 1 aromatic heterocycles. The standard InChI is InChI=1S/C30H37F2N7O4/c1-16(33-4)27(40)38-25(29(42)39-28(41)21-10-7-11-34-21)30(2,3)14-17-12-18-22(13-23(17)43-5)35-15-36-26(18)37-24-19(31)8-6-9-20(24)32/h6,8-9,12-13,15-16,21,25,33-34H,7,10-11,14H2,1-5H3,(H,38,40)(H,35,36,37)(H,39,41,42)/t16-,21-,25+/m0/s1. The Hall–Kier alpha value is -4.23. The quantitative estimate of drug-likeness (QED) is 0.225. The van der Waals surface area contributed by atoms with E-state index in [2.05, 4.69) is 36.6 Å². The van der Waals surface area contributed by atoms with Crippen molar-refractivity contribution in [2.24, 2.45) is 5.41 Å². The summed E-state index contributed by atoms with van der Waals surface area (Å²) in [7, 11) is 3.11. The highest BCUT2D eigenvalue weighted by molar-refractivity contribution is 6.02. The van der Waals surface area contributed by atoms with Gasteiger partial charge in [-0.2, -0.15) is 0 Å². The number of aromatic nitrogens is 2. The van der Waals surface area contributed by atoms with Gasteiger partial charge >= 0.3 is 0 Å². The highest BCUT2D eigenvalue weighted by Gasteiger charge is 2.39. The van der Waals surface area contributed by atoms with E-state index in [1.165, 1.54) is 19.5 Å². The molecule has 2 aromatic carbocycles. The van der Waals surface area contributed by atoms with E-state index in [9.17, 15) is 23.2 Å². The zero-order chi connectivity index (χ0) is 31.3. The Morgan fingerprint density at radius 2 is 1.86 bits per heavy atom. The summed E-state index contributed by atoms with van der Waals surface area (Å²) in [5.74, 6) is -2.47. The van der Waals surface area contributed by atoms with Crippen LogP contribution in [0.2, 0.25) is 0 Å². The van der Waals surface area contributed by atoms with Crippen molar-refractivity contribution in [3.05, 3.63) is 53.9 Å². The van der Waals surface area contributed by atoms with E-state index in [0.29, 0.717) is 35.2 Å². The maximum atomic E-state index is 14.4. The van der Waals surface area contributed by atoms with E-state index < -0.39 is 52.9 Å². The third-order valence-electron chi connectivity index (χ3n) is 7.67. The van der Waals surface area contributed by atoms with Crippen LogP contribution in [0.5, 0.6) is 5.75 Å². The maximum absolute atomic E-state index is 14.4. The van der Waals surface area contributed by atoms with Gasteiger partial charge in [0.1, 0.15) is 41.3 Å². The van der Waals surface area contributed by atoms with Crippen molar-refractivity contribution in [2.75, 3.05) is 26.0 Å². The number of imide groups is 1. The number of halogens is 2. The molecule has 11 nitrogen and oxygen atoms in total. The Kier molecular flexibility index (Phi) is 9.87. The van der Waals surface area contributed by atoms with E-state index in [1.54, 1.807) is 40.0 Å². The van der Waals surface area contributed by atoms with Crippen LogP contribution in [0.3, 0.4) is 0 Å². The zero-order valence-corrected chi connectivity index (χ0v) is 24.8. The molecule has 5 N–H and O–H groups in total. The van der Waals surface area contributed by atoms with E-state index >= 15 is 0 Å². The highest BCUT2D eigenvalue weighted by Crippen LogP contribution is 2.36. The number of hydrogen-bond acceptors (Lipinski definition) is 9. The summed E-state index contributed by atoms with van der Waals surface area (Å²) < 4.78 is 34.5. The molecule has 4 rings (SSSR count). The van der Waals surface area contributed by atoms with Gasteiger partial charge in [-0.3, -0.25) is 19.7 Å². The summed E-state index contributed by atoms with van der Waals surface area (Å²) >= 11 is 0. The fraction of sp³-hybridized carbons (Fsp3) is 0.433. The van der Waals surface area contributed by atoms with Crippen LogP contribution >= 0.6 is 0 Å². The zero-order valence-electron chi connectivity index (χ0n) is 24.8. The van der Waals surface area contributed by atoms with Crippen molar-refractivity contribution in [1.29, 1.82) is 0 Å². The molecule has 1 aliphatic heterocycles. The average Bonchev–Trinajstić information content (AvgIpc) is 3.52. The Morgan fingerprint density at radius 1 is 1.14 bits per heavy atom. The number of nitrogens with one attached hydrogen (secondary N) is 5. The van der Waals surface area contributed by atoms with Crippen molar-refractivity contribution >= 4 is 40.1 Å². The van der Waals surface area contributed by atoms with Gasteiger partial charge in [0.15, 0.2) is 0 Å². The fourth-order valence-corrected chi connectivity index (χ4v) is 5.09. The Bertz CT molecular complexity index is 1490. The summed E-state index contributed by atoms with van der Waals surface area (Å²) in [4.78, 5) is 47.8. The number of carbonyl (C=O) groups is 3. The van der Waals surface area contributed by atoms with Gasteiger partial charge in [-0.25, -0.2) is 18.7 Å². The summed E-state index contributed by atoms with van der Waals surface area (Å²) in [5, 5.41) is 14.4. The number of para-hydroxylation sites is 1. The number of amides is 3. The minimum absolute atomic E-state index is 0.163. The minimum Gasteiger partial charge on any atom is -0.496 e. The lowest BCUT2D eigenvalue weighted by atomic mass is 9.77. The SMILES string of the molecule is CN[C@@H](C)C(=O)N[C@H](C(=O)NC(=O)[C@@H]1CCCN1)C(C)(C)Cc1cc2c(Nc3c(F)cccc3F)ncnc2cc1OC. The van der Waals surface area contributed by atoms with Crippen LogP contribution in [0, 0.1) is 17.0 Å². The van der Waals surface area contributed by atoms with Gasteiger partial charge in [0.2, 0.25) is 17.7 Å². The normalized spacial score (nSPS) is 16.4. The van der Waals surface area contributed by atoms with Crippen LogP contribution in [-0.4, -0.2) is 66.5 Å². The smallest absolute Gasteiger partial charge is 0.249 e. The molecule has 230 valence electrons. The lowest BCUT2D eigenvalue weighted by Crippen LogP contribution is -2.59. The van der Waals surface area contributed by atoms with Gasteiger partial charge in [-0.1, -0.05) is 19.9 Å². The molecule has 0 bridgehead atoms. The first-order valence-electron chi connectivity index (χ1n) is 14.0. The minimum atomic E-state index is -1.11. The largest absolute Gasteiger partial charge is 0.496 e. The lowest BCUT2D eigenvalue weighted by molar-refractivity contribution is -0.137. The van der Waals surface area contributed by atoms with Crippen molar-refractivity contribution in [3.63, 3.8) is 0 Å². The highest BCUT2D eigenvalue weighted by atomic mass is 19.1. The van der Waals surface area contributed by atoms with Crippen LogP contribution in [0.25, 0.3) is 10.9 Å². The number of likely N-dealkylation sites (N-methyl/N-ethyl adjacent to an activating group) is 1. The lowest BCUT2D eigenvalue weighted by Gasteiger charge is -2.35. The van der Waals surface area contributed by atoms with Gasteiger partial charge in [-0.05, 0) is 69.0 Å². The third kappa shape index (κ3) is 7.23. The van der Waals surface area contributed by atoms with Crippen LogP contribution in [0.15, 0.2) is 36.7 Å². The number of hydrogen-bond donors (Lipinski definition) is 5. The molecule has 0 aliphatic carbocycles. The molecular weight excluding hydrogens is 560 g/mol. The van der Waals surface area contributed by atoms with Gasteiger partial charge in [0.25, 0.3) is 0 Å². The van der Waals surface area contributed by atoms with Crippen LogP contribution in [0.1, 0.15) is 39.2 Å². The fourth-order valence-electron chi connectivity index (χ4n) is 5.09. The first kappa shape index (κ1) is 31.7. The predicted octanol–water partition coefficient (Wildman–Crippen LogP) is 2.72. The van der Waals surface area contributed by atoms with Crippen molar-refractivity contribution in [1.82, 2.24) is 31.2 Å². The van der Waals surface area contributed by atoms with Crippen LogP contribution in [0.4, 0.5) is 20.3 Å². The number of carbonyl (C=O) groups excluding carboxylic acids is 3. The molecule has 0 saturated carbocycles. The summed E-state index contributed by atoms with van der Waals surface area (Å²) in [6.45, 7) is 5.92. The van der Waals surface area contributed by atoms with E-state index in [4.69, 9.17) is 4.74 Å². The van der Waals surface area contributed by atoms with Gasteiger partial charge in [0, 0.05) is 11.5 Å². The van der Waals surface area contributed by atoms with Crippen molar-refractivity contribution in [3.8, 4) is 5.75 Å². The van der Waals surface area contributed by atoms with Gasteiger partial charge in [0.05, 0.1) is 24.7 Å². The topological polar surface area (TPSA) is 146 Å². The predicted molar refractivity (Wildman–Crippen MR) is 158 cm³/mol. The van der Waals surface area contributed by atoms with Crippen molar-refractivity contribution in [2.45, 2.75) is 58.2 Å². The molecule has 1 saturated heterocycles. The molecular formula is C30H37F2N7O4. The first-order chi connectivity index (χ1) is 20.4. The second-order valence-corrected chi connectivity index (χ2v) is 11.2. The number of methoxy groups -OCH3 is 1. The van der Waals surface area contributed by atoms with Crippen LogP contribution in [-0.2, 0) is 20.8 Å². The summed E-state index contributed by atoms with van der Waals surface area (Å²) in [5.41, 5.74) is -0.255. The second kappa shape index (κ2) is 13.4. The Labute approximate surface area is 248 Å². The van der Waals surface area contributed by atoms with Gasteiger partial charge in [-0.15, -0.1) is 0 Å². The number of anilines is 2. The molecule has 0 radical (unpaired) electrons. The first-order valence-corrected chi connectivity index (χ1v) is 14.0. The molecule has 13 heteroatoms. The molecule has 3 atom stereocenters. The second-order valence-electron chi connectivity index (χ2n) is 11.2. The number of fused-ring (bicyclic) bond motifs is 1. The van der Waals surface area contributed by atoms with E-state index in [0.717, 1.165) is 18.6 Å². The number of ether oxygens (including phenoxy) is 1. The molecule has 0 spiro atoms. The van der Waals surface area contributed by atoms with Crippen LogP contribution < -0.4 is 31.3 Å². The van der Waals surface area contributed by atoms with E-state index in [1.807, 2.05) is 0 Å². The molecule has 1 fully saturated rings. The Balaban J connectivity index is 1.70. The van der Waals surface area contributed by atoms with E-state index in [-0.39, 0.29) is 17.9 Å². The number of rotatable bonds is 11. The summed E-state index contributed by atoms with van der Waals surface area (Å²) in [6.07, 6.45) is 2.89. The average molecular weight is 598 g/mol. The molecule has 3 aromatic rings. The molecule has 3 amide bonds. The number of benzene rings is 2. The number of nitrogens with zero attached hydrogens (tertiary/aromatic N) is 2. The molecule has 43 heavy (non-hydrogen) atoms. The molecule has 2 heterocycles. The molecule has 0 unspecified atom stereocenters. The van der Waals surface area contributed by atoms with Crippen molar-refractivity contribution < 1.29 is 27.9 Å². The summed E-state index contributed by atoms with van der Waals surface area (Å²) in [6, 6.07) is 4.72. The maximum Gasteiger partial charge on any atom is 0.249 e. The Morgan fingerprint density at radius 3 is 2.49 bits per heavy atom. The van der Waals surface area contributed by atoms with Gasteiger partial charge < -0.3 is 26.0 Å².